The fraction of sp³-hybridized carbons (Fsp3) is 0.619. The second-order valence-corrected chi connectivity index (χ2v) is 7.59. The van der Waals surface area contributed by atoms with E-state index >= 15 is 0 Å². The van der Waals surface area contributed by atoms with Crippen LogP contribution in [-0.2, 0) is 16.1 Å². The lowest BCUT2D eigenvalue weighted by molar-refractivity contribution is -0.130. The summed E-state index contributed by atoms with van der Waals surface area (Å²) in [5.41, 5.74) is 0.961. The molecule has 0 spiro atoms. The first-order chi connectivity index (χ1) is 12.9. The Morgan fingerprint density at radius 2 is 1.52 bits per heavy atom. The minimum Gasteiger partial charge on any atom is -0.493 e. The minimum absolute atomic E-state index is 0.0145. The third kappa shape index (κ3) is 6.15. The summed E-state index contributed by atoms with van der Waals surface area (Å²) in [5.74, 6) is 1.99. The lowest BCUT2D eigenvalue weighted by Crippen LogP contribution is -2.38. The van der Waals surface area contributed by atoms with Gasteiger partial charge in [-0.2, -0.15) is 0 Å². The number of hydrogen-bond acceptors (Lipinski definition) is 4. The molecule has 2 N–H and O–H groups in total. The molecule has 27 heavy (non-hydrogen) atoms. The van der Waals surface area contributed by atoms with Crippen LogP contribution in [0.5, 0.6) is 11.5 Å². The summed E-state index contributed by atoms with van der Waals surface area (Å²) in [6, 6.07) is 5.62. The zero-order chi connectivity index (χ0) is 19.8. The molecule has 1 aromatic carbocycles. The molecule has 0 heterocycles. The molecule has 1 aromatic rings. The van der Waals surface area contributed by atoms with Crippen LogP contribution < -0.4 is 20.1 Å². The number of ether oxygens (including phenoxy) is 2. The normalized spacial score (nSPS) is 19.4. The molecule has 2 amide bonds. The molecule has 0 aromatic heterocycles. The molecule has 0 unspecified atom stereocenters. The Hall–Kier alpha value is -2.24. The monoisotopic (exact) mass is 376 g/mol. The summed E-state index contributed by atoms with van der Waals surface area (Å²) in [6.45, 7) is 5.33. The third-order valence-electron chi connectivity index (χ3n) is 5.07. The number of carbonyl (C=O) groups is 2. The van der Waals surface area contributed by atoms with Crippen molar-refractivity contribution in [1.29, 1.82) is 0 Å². The predicted octanol–water partition coefficient (Wildman–Crippen LogP) is 2.90. The van der Waals surface area contributed by atoms with Gasteiger partial charge >= 0.3 is 0 Å². The predicted molar refractivity (Wildman–Crippen MR) is 105 cm³/mol. The standard InChI is InChI=1S/C21H32N2O4/c1-14(2)12-22-20(24)16-6-8-17(9-7-16)21(25)23-13-15-5-10-18(26-3)19(11-15)27-4/h5,10-11,14,16-17H,6-9,12-13H2,1-4H3,(H,22,24)(H,23,25). The molecule has 1 saturated carbocycles. The largest absolute Gasteiger partial charge is 0.493 e. The smallest absolute Gasteiger partial charge is 0.223 e. The van der Waals surface area contributed by atoms with E-state index in [2.05, 4.69) is 24.5 Å². The topological polar surface area (TPSA) is 76.7 Å². The fourth-order valence-electron chi connectivity index (χ4n) is 3.39. The van der Waals surface area contributed by atoms with Crippen LogP contribution >= 0.6 is 0 Å². The molecular formula is C21H32N2O4. The third-order valence-corrected chi connectivity index (χ3v) is 5.07. The Morgan fingerprint density at radius 3 is 2.04 bits per heavy atom. The van der Waals surface area contributed by atoms with E-state index in [0.29, 0.717) is 30.5 Å². The van der Waals surface area contributed by atoms with Crippen molar-refractivity contribution in [2.45, 2.75) is 46.1 Å². The molecule has 2 rings (SSSR count). The van der Waals surface area contributed by atoms with Gasteiger partial charge in [-0.25, -0.2) is 0 Å². The van der Waals surface area contributed by atoms with Crippen LogP contribution in [0.3, 0.4) is 0 Å². The molecule has 0 atom stereocenters. The minimum atomic E-state index is -0.0145. The van der Waals surface area contributed by atoms with Crippen molar-refractivity contribution in [3.8, 4) is 11.5 Å². The number of rotatable bonds is 8. The lowest BCUT2D eigenvalue weighted by atomic mass is 9.81. The van der Waals surface area contributed by atoms with E-state index in [9.17, 15) is 9.59 Å². The zero-order valence-electron chi connectivity index (χ0n) is 16.8. The Labute approximate surface area is 162 Å². The molecule has 0 aliphatic heterocycles. The van der Waals surface area contributed by atoms with E-state index in [1.807, 2.05) is 18.2 Å². The Morgan fingerprint density at radius 1 is 0.963 bits per heavy atom. The molecule has 0 saturated heterocycles. The maximum atomic E-state index is 12.5. The second-order valence-electron chi connectivity index (χ2n) is 7.59. The maximum absolute atomic E-state index is 12.5. The average molecular weight is 376 g/mol. The van der Waals surface area contributed by atoms with Gasteiger partial charge in [0.25, 0.3) is 0 Å². The van der Waals surface area contributed by atoms with Crippen LogP contribution in [0, 0.1) is 17.8 Å². The van der Waals surface area contributed by atoms with E-state index in [1.165, 1.54) is 0 Å². The van der Waals surface area contributed by atoms with Crippen molar-refractivity contribution >= 4 is 11.8 Å². The number of amides is 2. The van der Waals surface area contributed by atoms with Gasteiger partial charge in [0, 0.05) is 24.9 Å². The number of benzene rings is 1. The van der Waals surface area contributed by atoms with Crippen molar-refractivity contribution < 1.29 is 19.1 Å². The molecule has 0 radical (unpaired) electrons. The lowest BCUT2D eigenvalue weighted by Gasteiger charge is -2.27. The summed E-state index contributed by atoms with van der Waals surface area (Å²) in [6.07, 6.45) is 3.08. The summed E-state index contributed by atoms with van der Waals surface area (Å²) in [5, 5.41) is 6.01. The highest BCUT2D eigenvalue weighted by molar-refractivity contribution is 5.81. The summed E-state index contributed by atoms with van der Waals surface area (Å²) in [4.78, 5) is 24.6. The quantitative estimate of drug-likeness (QED) is 0.731. The number of hydrogen-bond donors (Lipinski definition) is 2. The highest BCUT2D eigenvalue weighted by atomic mass is 16.5. The van der Waals surface area contributed by atoms with E-state index < -0.39 is 0 Å². The SMILES string of the molecule is COc1ccc(CNC(=O)C2CCC(C(=O)NCC(C)C)CC2)cc1OC. The maximum Gasteiger partial charge on any atom is 0.223 e. The van der Waals surface area contributed by atoms with Crippen molar-refractivity contribution in [2.24, 2.45) is 17.8 Å². The fourth-order valence-corrected chi connectivity index (χ4v) is 3.39. The van der Waals surface area contributed by atoms with E-state index in [0.717, 1.165) is 31.2 Å². The molecule has 1 aliphatic carbocycles. The Balaban J connectivity index is 1.78. The molecule has 1 fully saturated rings. The zero-order valence-corrected chi connectivity index (χ0v) is 16.8. The van der Waals surface area contributed by atoms with Crippen molar-refractivity contribution in [3.63, 3.8) is 0 Å². The van der Waals surface area contributed by atoms with E-state index in [4.69, 9.17) is 9.47 Å². The molecule has 0 bridgehead atoms. The van der Waals surface area contributed by atoms with Gasteiger partial charge in [-0.15, -0.1) is 0 Å². The number of nitrogens with one attached hydrogen (secondary N) is 2. The summed E-state index contributed by atoms with van der Waals surface area (Å²) >= 11 is 0. The average Bonchev–Trinajstić information content (AvgIpc) is 2.69. The van der Waals surface area contributed by atoms with Crippen molar-refractivity contribution in [2.75, 3.05) is 20.8 Å². The number of methoxy groups -OCH3 is 2. The first-order valence-electron chi connectivity index (χ1n) is 9.70. The van der Waals surface area contributed by atoms with E-state index in [-0.39, 0.29) is 23.7 Å². The van der Waals surface area contributed by atoms with Gasteiger partial charge in [-0.3, -0.25) is 9.59 Å². The van der Waals surface area contributed by atoms with Crippen molar-refractivity contribution in [1.82, 2.24) is 10.6 Å². The molecule has 6 nitrogen and oxygen atoms in total. The van der Waals surface area contributed by atoms with Gasteiger partial charge in [0.05, 0.1) is 14.2 Å². The summed E-state index contributed by atoms with van der Waals surface area (Å²) < 4.78 is 10.5. The van der Waals surface area contributed by atoms with Crippen LogP contribution in [0.4, 0.5) is 0 Å². The van der Waals surface area contributed by atoms with Gasteiger partial charge < -0.3 is 20.1 Å². The van der Waals surface area contributed by atoms with Crippen LogP contribution in [-0.4, -0.2) is 32.6 Å². The second kappa shape index (κ2) is 10.2. The van der Waals surface area contributed by atoms with Crippen LogP contribution in [0.25, 0.3) is 0 Å². The molecule has 1 aliphatic rings. The van der Waals surface area contributed by atoms with E-state index in [1.54, 1.807) is 14.2 Å². The summed E-state index contributed by atoms with van der Waals surface area (Å²) in [7, 11) is 3.19. The molecular weight excluding hydrogens is 344 g/mol. The van der Waals surface area contributed by atoms with Gasteiger partial charge in [-0.1, -0.05) is 19.9 Å². The van der Waals surface area contributed by atoms with Crippen molar-refractivity contribution in [3.05, 3.63) is 23.8 Å². The van der Waals surface area contributed by atoms with Gasteiger partial charge in [-0.05, 0) is 49.3 Å². The Kier molecular flexibility index (Phi) is 7.95. The Bertz CT molecular complexity index is 637. The van der Waals surface area contributed by atoms with Crippen LogP contribution in [0.2, 0.25) is 0 Å². The first-order valence-corrected chi connectivity index (χ1v) is 9.70. The first kappa shape index (κ1) is 21.1. The molecule has 150 valence electrons. The highest BCUT2D eigenvalue weighted by Crippen LogP contribution is 2.30. The van der Waals surface area contributed by atoms with Gasteiger partial charge in [0.1, 0.15) is 0 Å². The van der Waals surface area contributed by atoms with Gasteiger partial charge in [0.2, 0.25) is 11.8 Å². The van der Waals surface area contributed by atoms with Gasteiger partial charge in [0.15, 0.2) is 11.5 Å². The molecule has 6 heteroatoms. The highest BCUT2D eigenvalue weighted by Gasteiger charge is 2.29. The van der Waals surface area contributed by atoms with Crippen LogP contribution in [0.1, 0.15) is 45.1 Å². The number of carbonyl (C=O) groups excluding carboxylic acids is 2. The van der Waals surface area contributed by atoms with Crippen LogP contribution in [0.15, 0.2) is 18.2 Å².